The van der Waals surface area contributed by atoms with Crippen molar-refractivity contribution in [1.29, 1.82) is 0 Å². The fraction of sp³-hybridized carbons (Fsp3) is 0.333. The van der Waals surface area contributed by atoms with Gasteiger partial charge in [-0.25, -0.2) is 9.18 Å². The minimum atomic E-state index is -1.00. The van der Waals surface area contributed by atoms with Gasteiger partial charge in [-0.15, -0.1) is 0 Å². The van der Waals surface area contributed by atoms with Crippen molar-refractivity contribution in [2.45, 2.75) is 26.2 Å². The maximum atomic E-state index is 13.2. The van der Waals surface area contributed by atoms with E-state index in [-0.39, 0.29) is 17.3 Å². The number of carboxylic acids is 1. The predicted molar refractivity (Wildman–Crippen MR) is 90.3 cm³/mol. The van der Waals surface area contributed by atoms with Crippen LogP contribution in [0.3, 0.4) is 0 Å². The number of carboxylic acid groups (broad SMARTS) is 1. The second-order valence-electron chi connectivity index (χ2n) is 5.12. The van der Waals surface area contributed by atoms with Gasteiger partial charge in [0.1, 0.15) is 11.6 Å². The first-order chi connectivity index (χ1) is 11.6. The summed E-state index contributed by atoms with van der Waals surface area (Å²) in [7, 11) is 0. The highest BCUT2D eigenvalue weighted by Crippen LogP contribution is 2.34. The van der Waals surface area contributed by atoms with E-state index in [1.165, 1.54) is 30.6 Å². The Balaban J connectivity index is 0.00000100. The number of halogens is 1. The van der Waals surface area contributed by atoms with E-state index in [0.717, 1.165) is 12.0 Å². The highest BCUT2D eigenvalue weighted by atomic mass is 19.1. The van der Waals surface area contributed by atoms with Crippen LogP contribution in [-0.4, -0.2) is 29.2 Å². The number of carbonyl (C=O) groups is 1. The first kappa shape index (κ1) is 17.7. The Bertz CT molecular complexity index is 706. The topological polar surface area (TPSA) is 71.5 Å². The SMILES string of the molecule is CC.O=C(O)c1ccncc1NCC1CCOc2cc(F)ccc21. The summed E-state index contributed by atoms with van der Waals surface area (Å²) >= 11 is 0. The number of nitrogens with zero attached hydrogens (tertiary/aromatic N) is 1. The van der Waals surface area contributed by atoms with Gasteiger partial charge in [0, 0.05) is 24.7 Å². The number of nitrogens with one attached hydrogen (secondary N) is 1. The van der Waals surface area contributed by atoms with E-state index in [4.69, 9.17) is 9.84 Å². The van der Waals surface area contributed by atoms with Crippen molar-refractivity contribution < 1.29 is 19.0 Å². The number of ether oxygens (including phenoxy) is 1. The lowest BCUT2D eigenvalue weighted by molar-refractivity contribution is 0.0697. The van der Waals surface area contributed by atoms with Crippen LogP contribution in [0.15, 0.2) is 36.7 Å². The van der Waals surface area contributed by atoms with E-state index in [9.17, 15) is 9.18 Å². The molecule has 5 nitrogen and oxygen atoms in total. The number of aromatic carboxylic acids is 1. The van der Waals surface area contributed by atoms with Gasteiger partial charge in [-0.2, -0.15) is 0 Å². The second kappa shape index (κ2) is 8.29. The van der Waals surface area contributed by atoms with Crippen molar-refractivity contribution in [1.82, 2.24) is 4.98 Å². The summed E-state index contributed by atoms with van der Waals surface area (Å²) < 4.78 is 18.7. The molecule has 1 unspecified atom stereocenters. The monoisotopic (exact) mass is 332 g/mol. The zero-order valence-corrected chi connectivity index (χ0v) is 13.8. The second-order valence-corrected chi connectivity index (χ2v) is 5.12. The van der Waals surface area contributed by atoms with Crippen LogP contribution in [0.5, 0.6) is 5.75 Å². The number of hydrogen-bond donors (Lipinski definition) is 2. The third-order valence-corrected chi connectivity index (χ3v) is 3.73. The molecule has 0 saturated heterocycles. The zero-order valence-electron chi connectivity index (χ0n) is 13.8. The predicted octanol–water partition coefficient (Wildman–Crippen LogP) is 3.92. The van der Waals surface area contributed by atoms with Gasteiger partial charge in [-0.05, 0) is 24.1 Å². The lowest BCUT2D eigenvalue weighted by Gasteiger charge is -2.26. The summed E-state index contributed by atoms with van der Waals surface area (Å²) in [6, 6.07) is 5.97. The van der Waals surface area contributed by atoms with Crippen molar-refractivity contribution >= 4 is 11.7 Å². The van der Waals surface area contributed by atoms with Crippen LogP contribution in [0.1, 0.15) is 42.1 Å². The number of rotatable bonds is 4. The van der Waals surface area contributed by atoms with Crippen LogP contribution >= 0.6 is 0 Å². The molecule has 1 aromatic carbocycles. The molecule has 0 fully saturated rings. The Hall–Kier alpha value is -2.63. The molecule has 2 heterocycles. The third-order valence-electron chi connectivity index (χ3n) is 3.73. The minimum absolute atomic E-state index is 0.131. The van der Waals surface area contributed by atoms with E-state index in [2.05, 4.69) is 10.3 Å². The Kier molecular flexibility index (Phi) is 6.12. The van der Waals surface area contributed by atoms with Crippen LogP contribution in [0, 0.1) is 5.82 Å². The molecule has 3 rings (SSSR count). The van der Waals surface area contributed by atoms with E-state index >= 15 is 0 Å². The normalized spacial score (nSPS) is 15.4. The molecule has 0 amide bonds. The van der Waals surface area contributed by atoms with Crippen molar-refractivity contribution in [2.75, 3.05) is 18.5 Å². The molecular weight excluding hydrogens is 311 g/mol. The van der Waals surface area contributed by atoms with Crippen LogP contribution in [0.2, 0.25) is 0 Å². The first-order valence-corrected chi connectivity index (χ1v) is 7.98. The Labute approximate surface area is 140 Å². The lowest BCUT2D eigenvalue weighted by atomic mass is 9.93. The lowest BCUT2D eigenvalue weighted by Crippen LogP contribution is -2.21. The molecule has 0 radical (unpaired) electrons. The van der Waals surface area contributed by atoms with Gasteiger partial charge in [-0.1, -0.05) is 19.9 Å². The molecule has 1 aliphatic rings. The first-order valence-electron chi connectivity index (χ1n) is 7.98. The van der Waals surface area contributed by atoms with Gasteiger partial charge in [0.05, 0.1) is 24.1 Å². The smallest absolute Gasteiger partial charge is 0.337 e. The van der Waals surface area contributed by atoms with E-state index in [0.29, 0.717) is 24.6 Å². The summed E-state index contributed by atoms with van der Waals surface area (Å²) in [6.07, 6.45) is 3.73. The summed E-state index contributed by atoms with van der Waals surface area (Å²) in [5.41, 5.74) is 1.59. The van der Waals surface area contributed by atoms with E-state index in [1.54, 1.807) is 6.07 Å². The van der Waals surface area contributed by atoms with Crippen LogP contribution in [-0.2, 0) is 0 Å². The molecule has 0 bridgehead atoms. The number of aromatic nitrogens is 1. The molecular formula is C18H21FN2O3. The molecule has 2 N–H and O–H groups in total. The average Bonchev–Trinajstić information content (AvgIpc) is 2.61. The largest absolute Gasteiger partial charge is 0.493 e. The zero-order chi connectivity index (χ0) is 17.5. The average molecular weight is 332 g/mol. The third kappa shape index (κ3) is 4.01. The van der Waals surface area contributed by atoms with Gasteiger partial charge >= 0.3 is 5.97 Å². The van der Waals surface area contributed by atoms with Gasteiger partial charge < -0.3 is 15.2 Å². The Morgan fingerprint density at radius 2 is 2.21 bits per heavy atom. The molecule has 6 heteroatoms. The van der Waals surface area contributed by atoms with Crippen LogP contribution in [0.4, 0.5) is 10.1 Å². The van der Waals surface area contributed by atoms with Crippen molar-refractivity contribution in [3.8, 4) is 5.75 Å². The maximum absolute atomic E-state index is 13.2. The molecule has 0 aliphatic carbocycles. The number of benzene rings is 1. The summed E-state index contributed by atoms with van der Waals surface area (Å²) in [5, 5.41) is 12.3. The van der Waals surface area contributed by atoms with Crippen molar-refractivity contribution in [3.05, 3.63) is 53.6 Å². The molecule has 2 aromatic rings. The number of hydrogen-bond acceptors (Lipinski definition) is 4. The quantitative estimate of drug-likeness (QED) is 0.888. The summed E-state index contributed by atoms with van der Waals surface area (Å²) in [4.78, 5) is 15.1. The minimum Gasteiger partial charge on any atom is -0.493 e. The van der Waals surface area contributed by atoms with Crippen molar-refractivity contribution in [2.24, 2.45) is 0 Å². The summed E-state index contributed by atoms with van der Waals surface area (Å²) in [5.74, 6) is -0.638. The van der Waals surface area contributed by atoms with Crippen LogP contribution < -0.4 is 10.1 Å². The van der Waals surface area contributed by atoms with Gasteiger partial charge in [0.25, 0.3) is 0 Å². The van der Waals surface area contributed by atoms with Gasteiger partial charge in [0.2, 0.25) is 0 Å². The standard InChI is InChI=1S/C16H15FN2O3.C2H6/c17-11-1-2-12-10(4-6-22-15(12)7-11)8-19-14-9-18-5-3-13(14)16(20)21;1-2/h1-3,5,7,9-10,19H,4,6,8H2,(H,20,21);1-2H3. The van der Waals surface area contributed by atoms with Gasteiger partial charge in [-0.3, -0.25) is 4.98 Å². The Morgan fingerprint density at radius 1 is 1.42 bits per heavy atom. The van der Waals surface area contributed by atoms with Gasteiger partial charge in [0.15, 0.2) is 0 Å². The number of fused-ring (bicyclic) bond motifs is 1. The fourth-order valence-corrected chi connectivity index (χ4v) is 2.60. The molecule has 1 aromatic heterocycles. The number of pyridine rings is 1. The molecule has 1 atom stereocenters. The molecule has 128 valence electrons. The van der Waals surface area contributed by atoms with Crippen LogP contribution in [0.25, 0.3) is 0 Å². The molecule has 24 heavy (non-hydrogen) atoms. The number of anilines is 1. The Morgan fingerprint density at radius 3 is 2.96 bits per heavy atom. The maximum Gasteiger partial charge on any atom is 0.337 e. The summed E-state index contributed by atoms with van der Waals surface area (Å²) in [6.45, 7) is 5.05. The van der Waals surface area contributed by atoms with Crippen molar-refractivity contribution in [3.63, 3.8) is 0 Å². The fourth-order valence-electron chi connectivity index (χ4n) is 2.60. The highest BCUT2D eigenvalue weighted by molar-refractivity contribution is 5.93. The molecule has 1 aliphatic heterocycles. The highest BCUT2D eigenvalue weighted by Gasteiger charge is 2.22. The molecule has 0 saturated carbocycles. The van der Waals surface area contributed by atoms with E-state index < -0.39 is 5.97 Å². The van der Waals surface area contributed by atoms with E-state index in [1.807, 2.05) is 13.8 Å². The molecule has 0 spiro atoms.